The second kappa shape index (κ2) is 7.29. The zero-order valence-corrected chi connectivity index (χ0v) is 15.0. The van der Waals surface area contributed by atoms with E-state index < -0.39 is 16.0 Å². The third-order valence-corrected chi connectivity index (χ3v) is 5.14. The van der Waals surface area contributed by atoms with Gasteiger partial charge in [-0.2, -0.15) is 0 Å². The molecule has 1 N–H and O–H groups in total. The molecule has 0 aromatic heterocycles. The van der Waals surface area contributed by atoms with Crippen molar-refractivity contribution in [3.8, 4) is 5.75 Å². The van der Waals surface area contributed by atoms with E-state index in [4.69, 9.17) is 27.9 Å². The molecular formula is C15H13Cl2NO5S. The van der Waals surface area contributed by atoms with Crippen LogP contribution in [0.2, 0.25) is 10.0 Å². The summed E-state index contributed by atoms with van der Waals surface area (Å²) in [6.07, 6.45) is 0. The number of rotatable bonds is 5. The molecule has 0 aliphatic rings. The molecule has 0 saturated heterocycles. The Bertz CT molecular complexity index is 883. The van der Waals surface area contributed by atoms with Crippen molar-refractivity contribution in [2.24, 2.45) is 0 Å². The lowest BCUT2D eigenvalue weighted by molar-refractivity contribution is 0.0597. The lowest BCUT2D eigenvalue weighted by atomic mass is 10.2. The molecule has 0 aliphatic heterocycles. The Morgan fingerprint density at radius 2 is 1.79 bits per heavy atom. The van der Waals surface area contributed by atoms with E-state index in [0.29, 0.717) is 0 Å². The average molecular weight is 390 g/mol. The number of hydrogen-bond acceptors (Lipinski definition) is 5. The summed E-state index contributed by atoms with van der Waals surface area (Å²) in [7, 11) is -1.38. The van der Waals surface area contributed by atoms with Crippen molar-refractivity contribution >= 4 is 44.9 Å². The highest BCUT2D eigenvalue weighted by Crippen LogP contribution is 2.29. The van der Waals surface area contributed by atoms with E-state index in [2.05, 4.69) is 9.46 Å². The van der Waals surface area contributed by atoms with Crippen LogP contribution in [0.5, 0.6) is 5.75 Å². The molecule has 24 heavy (non-hydrogen) atoms. The minimum absolute atomic E-state index is 0.0324. The molecule has 0 fully saturated rings. The minimum atomic E-state index is -3.97. The summed E-state index contributed by atoms with van der Waals surface area (Å²) >= 11 is 11.8. The van der Waals surface area contributed by atoms with Crippen molar-refractivity contribution in [3.05, 3.63) is 52.0 Å². The lowest BCUT2D eigenvalue weighted by Gasteiger charge is -2.12. The van der Waals surface area contributed by atoms with Gasteiger partial charge < -0.3 is 9.47 Å². The number of anilines is 1. The number of sulfonamides is 1. The van der Waals surface area contributed by atoms with Gasteiger partial charge in [0.05, 0.1) is 24.9 Å². The fourth-order valence-electron chi connectivity index (χ4n) is 1.93. The third-order valence-electron chi connectivity index (χ3n) is 3.04. The fraction of sp³-hybridized carbons (Fsp3) is 0.133. The number of esters is 1. The Kier molecular flexibility index (Phi) is 5.58. The molecule has 0 radical (unpaired) electrons. The molecular weight excluding hydrogens is 377 g/mol. The summed E-state index contributed by atoms with van der Waals surface area (Å²) in [6.45, 7) is 0. The van der Waals surface area contributed by atoms with Gasteiger partial charge in [0, 0.05) is 11.1 Å². The third kappa shape index (κ3) is 3.92. The molecule has 2 rings (SSSR count). The van der Waals surface area contributed by atoms with Gasteiger partial charge in [0.2, 0.25) is 0 Å². The van der Waals surface area contributed by atoms with E-state index in [1.807, 2.05) is 0 Å². The first-order chi connectivity index (χ1) is 11.3. The van der Waals surface area contributed by atoms with Crippen LogP contribution in [0.3, 0.4) is 0 Å². The van der Waals surface area contributed by atoms with Crippen LogP contribution < -0.4 is 9.46 Å². The van der Waals surface area contributed by atoms with Crippen molar-refractivity contribution in [1.29, 1.82) is 0 Å². The highest BCUT2D eigenvalue weighted by molar-refractivity contribution is 7.92. The molecule has 0 unspecified atom stereocenters. The van der Waals surface area contributed by atoms with Crippen LogP contribution in [0, 0.1) is 0 Å². The van der Waals surface area contributed by atoms with Crippen molar-refractivity contribution in [1.82, 2.24) is 0 Å². The Balaban J connectivity index is 2.40. The largest absolute Gasteiger partial charge is 0.496 e. The number of ether oxygens (including phenoxy) is 2. The summed E-state index contributed by atoms with van der Waals surface area (Å²) in [6, 6.07) is 8.28. The van der Waals surface area contributed by atoms with Crippen molar-refractivity contribution in [2.75, 3.05) is 18.9 Å². The molecule has 2 aromatic carbocycles. The van der Waals surface area contributed by atoms with Gasteiger partial charge in [-0.25, -0.2) is 13.2 Å². The molecule has 0 atom stereocenters. The van der Waals surface area contributed by atoms with Crippen LogP contribution in [-0.4, -0.2) is 28.6 Å². The van der Waals surface area contributed by atoms with Crippen LogP contribution in [0.15, 0.2) is 41.3 Å². The predicted octanol–water partition coefficient (Wildman–Crippen LogP) is 3.59. The standard InChI is InChI=1S/C15H13Cl2NO5S/c1-22-13-8-10(4-5-11(13)15(19)23-2)18-24(20,21)14-7-9(16)3-6-12(14)17/h3-8,18H,1-2H3. The van der Waals surface area contributed by atoms with Crippen LogP contribution in [-0.2, 0) is 14.8 Å². The molecule has 0 aliphatic carbocycles. The first-order valence-electron chi connectivity index (χ1n) is 6.52. The second-order valence-corrected chi connectivity index (χ2v) is 7.08. The highest BCUT2D eigenvalue weighted by atomic mass is 35.5. The molecule has 0 saturated carbocycles. The Labute approximate surface area is 149 Å². The molecule has 0 spiro atoms. The van der Waals surface area contributed by atoms with Gasteiger partial charge in [-0.15, -0.1) is 0 Å². The van der Waals surface area contributed by atoms with Crippen molar-refractivity contribution in [3.63, 3.8) is 0 Å². The molecule has 9 heteroatoms. The predicted molar refractivity (Wildman–Crippen MR) is 91.6 cm³/mol. The molecule has 6 nitrogen and oxygen atoms in total. The smallest absolute Gasteiger partial charge is 0.341 e. The van der Waals surface area contributed by atoms with Gasteiger partial charge >= 0.3 is 5.97 Å². The van der Waals surface area contributed by atoms with Gasteiger partial charge in [0.1, 0.15) is 16.2 Å². The molecule has 0 amide bonds. The Hall–Kier alpha value is -1.96. The van der Waals surface area contributed by atoms with E-state index in [1.54, 1.807) is 0 Å². The van der Waals surface area contributed by atoms with Gasteiger partial charge in [0.25, 0.3) is 10.0 Å². The van der Waals surface area contributed by atoms with E-state index in [0.717, 1.165) is 0 Å². The number of carbonyl (C=O) groups is 1. The van der Waals surface area contributed by atoms with Gasteiger partial charge in [-0.05, 0) is 30.3 Å². The van der Waals surface area contributed by atoms with E-state index in [1.165, 1.54) is 50.6 Å². The summed E-state index contributed by atoms with van der Waals surface area (Å²) in [4.78, 5) is 11.5. The summed E-state index contributed by atoms with van der Waals surface area (Å²) in [5.74, 6) is -0.432. The molecule has 128 valence electrons. The number of nitrogens with one attached hydrogen (secondary N) is 1. The van der Waals surface area contributed by atoms with Crippen LogP contribution in [0.25, 0.3) is 0 Å². The monoisotopic (exact) mass is 389 g/mol. The van der Waals surface area contributed by atoms with Gasteiger partial charge in [-0.3, -0.25) is 4.72 Å². The fourth-order valence-corrected chi connectivity index (χ4v) is 3.74. The number of halogens is 2. The molecule has 2 aromatic rings. The molecule has 0 heterocycles. The highest BCUT2D eigenvalue weighted by Gasteiger charge is 2.20. The van der Waals surface area contributed by atoms with Crippen LogP contribution in [0.4, 0.5) is 5.69 Å². The number of hydrogen-bond donors (Lipinski definition) is 1. The Morgan fingerprint density at radius 1 is 1.08 bits per heavy atom. The second-order valence-electron chi connectivity index (χ2n) is 4.59. The average Bonchev–Trinajstić information content (AvgIpc) is 2.55. The maximum absolute atomic E-state index is 12.5. The number of methoxy groups -OCH3 is 2. The van der Waals surface area contributed by atoms with Crippen molar-refractivity contribution in [2.45, 2.75) is 4.90 Å². The number of benzene rings is 2. The molecule has 0 bridgehead atoms. The first-order valence-corrected chi connectivity index (χ1v) is 8.76. The maximum Gasteiger partial charge on any atom is 0.341 e. The summed E-state index contributed by atoms with van der Waals surface area (Å²) < 4.78 is 37.0. The zero-order valence-electron chi connectivity index (χ0n) is 12.7. The SMILES string of the molecule is COC(=O)c1ccc(NS(=O)(=O)c2cc(Cl)ccc2Cl)cc1OC. The van der Waals surface area contributed by atoms with E-state index in [-0.39, 0.29) is 31.9 Å². The normalized spacial score (nSPS) is 11.0. The zero-order chi connectivity index (χ0) is 17.9. The maximum atomic E-state index is 12.5. The Morgan fingerprint density at radius 3 is 2.42 bits per heavy atom. The van der Waals surface area contributed by atoms with Crippen molar-refractivity contribution < 1.29 is 22.7 Å². The first kappa shape index (κ1) is 18.4. The quantitative estimate of drug-likeness (QED) is 0.790. The minimum Gasteiger partial charge on any atom is -0.496 e. The lowest BCUT2D eigenvalue weighted by Crippen LogP contribution is -2.14. The summed E-state index contributed by atoms with van der Waals surface area (Å²) in [5, 5.41) is 0.267. The van der Waals surface area contributed by atoms with Crippen LogP contribution >= 0.6 is 23.2 Å². The topological polar surface area (TPSA) is 81.7 Å². The van der Waals surface area contributed by atoms with E-state index >= 15 is 0 Å². The van der Waals surface area contributed by atoms with E-state index in [9.17, 15) is 13.2 Å². The summed E-state index contributed by atoms with van der Waals surface area (Å²) in [5.41, 5.74) is 0.360. The van der Waals surface area contributed by atoms with Crippen LogP contribution in [0.1, 0.15) is 10.4 Å². The number of carbonyl (C=O) groups excluding carboxylic acids is 1. The van der Waals surface area contributed by atoms with Gasteiger partial charge in [-0.1, -0.05) is 23.2 Å². The van der Waals surface area contributed by atoms with Gasteiger partial charge in [0.15, 0.2) is 0 Å².